The fourth-order valence-corrected chi connectivity index (χ4v) is 3.51. The Morgan fingerprint density at radius 2 is 1.96 bits per heavy atom. The molecule has 2 aliphatic heterocycles. The van der Waals surface area contributed by atoms with Gasteiger partial charge in [0.25, 0.3) is 11.8 Å². The predicted molar refractivity (Wildman–Crippen MR) is 98.6 cm³/mol. The van der Waals surface area contributed by atoms with E-state index in [-0.39, 0.29) is 29.9 Å². The van der Waals surface area contributed by atoms with Crippen LogP contribution < -0.4 is 10.2 Å². The molecule has 2 aromatic rings. The molecule has 1 atom stereocenters. The zero-order valence-electron chi connectivity index (χ0n) is 15.3. The number of carbonyl (C=O) groups excluding carboxylic acids is 4. The van der Waals surface area contributed by atoms with Crippen LogP contribution >= 0.6 is 0 Å². The number of piperidine rings is 1. The summed E-state index contributed by atoms with van der Waals surface area (Å²) in [5.74, 6) is -2.00. The number of benzene rings is 1. The average Bonchev–Trinajstić information content (AvgIpc) is 3.28. The first-order valence-corrected chi connectivity index (χ1v) is 8.98. The number of anilines is 1. The molecule has 4 amide bonds. The van der Waals surface area contributed by atoms with Crippen LogP contribution in [0.3, 0.4) is 0 Å². The van der Waals surface area contributed by atoms with E-state index in [1.165, 1.54) is 0 Å². The van der Waals surface area contributed by atoms with E-state index in [9.17, 15) is 19.2 Å². The van der Waals surface area contributed by atoms with E-state index >= 15 is 0 Å². The molecule has 4 rings (SSSR count). The molecular weight excluding hydrogens is 362 g/mol. The Labute approximate surface area is 160 Å². The Kier molecular flexibility index (Phi) is 4.42. The van der Waals surface area contributed by atoms with Gasteiger partial charge in [-0.15, -0.1) is 0 Å². The summed E-state index contributed by atoms with van der Waals surface area (Å²) in [5.41, 5.74) is 1.35. The van der Waals surface area contributed by atoms with E-state index < -0.39 is 23.8 Å². The van der Waals surface area contributed by atoms with Crippen molar-refractivity contribution in [3.05, 3.63) is 48.0 Å². The zero-order valence-corrected chi connectivity index (χ0v) is 15.3. The number of rotatable bonds is 5. The third kappa shape index (κ3) is 3.04. The van der Waals surface area contributed by atoms with Gasteiger partial charge in [0.1, 0.15) is 6.04 Å². The van der Waals surface area contributed by atoms with Gasteiger partial charge in [-0.1, -0.05) is 0 Å². The number of hydrogen-bond donors (Lipinski definition) is 1. The fourth-order valence-electron chi connectivity index (χ4n) is 3.51. The number of fused-ring (bicyclic) bond motifs is 1. The highest BCUT2D eigenvalue weighted by Crippen LogP contribution is 2.30. The second-order valence-corrected chi connectivity index (χ2v) is 6.90. The van der Waals surface area contributed by atoms with Crippen LogP contribution in [0.15, 0.2) is 36.9 Å². The van der Waals surface area contributed by atoms with Crippen LogP contribution in [0.25, 0.3) is 0 Å². The summed E-state index contributed by atoms with van der Waals surface area (Å²) in [5, 5.41) is 2.19. The number of carbonyl (C=O) groups is 4. The van der Waals surface area contributed by atoms with Gasteiger partial charge in [-0.05, 0) is 24.6 Å². The van der Waals surface area contributed by atoms with Crippen LogP contribution in [0.2, 0.25) is 0 Å². The van der Waals surface area contributed by atoms with Crippen molar-refractivity contribution < 1.29 is 19.2 Å². The topological polar surface area (TPSA) is 105 Å². The Morgan fingerprint density at radius 3 is 2.68 bits per heavy atom. The second-order valence-electron chi connectivity index (χ2n) is 6.90. The van der Waals surface area contributed by atoms with Crippen molar-refractivity contribution in [2.24, 2.45) is 0 Å². The minimum Gasteiger partial charge on any atom is -0.373 e. The van der Waals surface area contributed by atoms with Crippen LogP contribution in [0, 0.1) is 0 Å². The Morgan fingerprint density at radius 1 is 1.18 bits per heavy atom. The van der Waals surface area contributed by atoms with Crippen molar-refractivity contribution in [1.82, 2.24) is 19.8 Å². The molecule has 0 saturated carbocycles. The summed E-state index contributed by atoms with van der Waals surface area (Å²) in [6.45, 7) is 1.41. The molecule has 0 spiro atoms. The van der Waals surface area contributed by atoms with Gasteiger partial charge in [0.05, 0.1) is 17.5 Å². The summed E-state index contributed by atoms with van der Waals surface area (Å²) in [7, 11) is 1.90. The summed E-state index contributed by atoms with van der Waals surface area (Å²) >= 11 is 0. The molecule has 1 fully saturated rings. The maximum atomic E-state index is 12.9. The number of amides is 4. The minimum absolute atomic E-state index is 0.103. The molecular formula is C19H19N5O4. The van der Waals surface area contributed by atoms with Crippen LogP contribution in [0.5, 0.6) is 0 Å². The molecule has 9 nitrogen and oxygen atoms in total. The third-order valence-electron chi connectivity index (χ3n) is 5.12. The molecule has 144 valence electrons. The lowest BCUT2D eigenvalue weighted by Crippen LogP contribution is -2.54. The van der Waals surface area contributed by atoms with E-state index in [1.807, 2.05) is 22.7 Å². The molecule has 28 heavy (non-hydrogen) atoms. The fraction of sp³-hybridized carbons (Fsp3) is 0.316. The minimum atomic E-state index is -0.951. The number of hydrogen-bond acceptors (Lipinski definition) is 6. The average molecular weight is 381 g/mol. The molecule has 1 N–H and O–H groups in total. The van der Waals surface area contributed by atoms with Crippen molar-refractivity contribution in [3.8, 4) is 0 Å². The maximum absolute atomic E-state index is 12.9. The number of nitrogens with one attached hydrogen (secondary N) is 1. The molecule has 0 bridgehead atoms. The standard InChI is InChI=1S/C19H19N5O4/c1-22(8-9-23-7-6-20-11-23)12-2-3-13-14(10-12)19(28)24(18(13)27)15-4-5-16(25)21-17(15)26/h2-3,6-7,10-11,15H,4-5,8-9H2,1H3,(H,21,25,26). The SMILES string of the molecule is CN(CCn1ccnc1)c1ccc2c(c1)C(=O)N(C1CCC(=O)NC1=O)C2=O. The lowest BCUT2D eigenvalue weighted by atomic mass is 10.0. The number of aromatic nitrogens is 2. The highest BCUT2D eigenvalue weighted by molar-refractivity contribution is 6.23. The Balaban J connectivity index is 1.53. The van der Waals surface area contributed by atoms with Crippen LogP contribution in [-0.4, -0.2) is 57.7 Å². The largest absolute Gasteiger partial charge is 0.373 e. The number of nitrogens with zero attached hydrogens (tertiary/aromatic N) is 4. The molecule has 3 heterocycles. The summed E-state index contributed by atoms with van der Waals surface area (Å²) in [6.07, 6.45) is 5.57. The number of likely N-dealkylation sites (N-methyl/N-ethyl adjacent to an activating group) is 1. The zero-order chi connectivity index (χ0) is 19.8. The van der Waals surface area contributed by atoms with Crippen LogP contribution in [-0.2, 0) is 16.1 Å². The first kappa shape index (κ1) is 17.9. The lowest BCUT2D eigenvalue weighted by molar-refractivity contribution is -0.136. The van der Waals surface area contributed by atoms with Gasteiger partial charge >= 0.3 is 0 Å². The molecule has 1 unspecified atom stereocenters. The van der Waals surface area contributed by atoms with Crippen molar-refractivity contribution in [2.45, 2.75) is 25.4 Å². The molecule has 0 aliphatic carbocycles. The van der Waals surface area contributed by atoms with E-state index in [1.54, 1.807) is 30.7 Å². The van der Waals surface area contributed by atoms with Gasteiger partial charge in [-0.2, -0.15) is 0 Å². The van der Waals surface area contributed by atoms with Gasteiger partial charge < -0.3 is 9.47 Å². The molecule has 9 heteroatoms. The van der Waals surface area contributed by atoms with Crippen molar-refractivity contribution in [2.75, 3.05) is 18.5 Å². The quantitative estimate of drug-likeness (QED) is 0.753. The Bertz CT molecular complexity index is 969. The van der Waals surface area contributed by atoms with E-state index in [2.05, 4.69) is 10.3 Å². The molecule has 1 aromatic heterocycles. The maximum Gasteiger partial charge on any atom is 0.262 e. The summed E-state index contributed by atoms with van der Waals surface area (Å²) in [6, 6.07) is 4.12. The predicted octanol–water partition coefficient (Wildman–Crippen LogP) is 0.421. The normalized spacial score (nSPS) is 19.0. The van der Waals surface area contributed by atoms with Gasteiger partial charge in [-0.25, -0.2) is 4.98 Å². The third-order valence-corrected chi connectivity index (χ3v) is 5.12. The Hall–Kier alpha value is -3.49. The smallest absolute Gasteiger partial charge is 0.262 e. The van der Waals surface area contributed by atoms with Gasteiger partial charge in [-0.3, -0.25) is 29.4 Å². The molecule has 1 saturated heterocycles. The van der Waals surface area contributed by atoms with Crippen molar-refractivity contribution in [1.29, 1.82) is 0 Å². The van der Waals surface area contributed by atoms with Crippen LogP contribution in [0.4, 0.5) is 5.69 Å². The number of imide groups is 2. The molecule has 1 aromatic carbocycles. The van der Waals surface area contributed by atoms with E-state index in [0.29, 0.717) is 6.54 Å². The van der Waals surface area contributed by atoms with Gasteiger partial charge in [0.2, 0.25) is 11.8 Å². The number of imidazole rings is 1. The van der Waals surface area contributed by atoms with Crippen molar-refractivity contribution in [3.63, 3.8) is 0 Å². The monoisotopic (exact) mass is 381 g/mol. The first-order valence-electron chi connectivity index (χ1n) is 8.98. The van der Waals surface area contributed by atoms with E-state index in [4.69, 9.17) is 0 Å². The molecule has 0 radical (unpaired) electrons. The first-order chi connectivity index (χ1) is 13.5. The highest BCUT2D eigenvalue weighted by atomic mass is 16.2. The summed E-state index contributed by atoms with van der Waals surface area (Å²) < 4.78 is 1.95. The lowest BCUT2D eigenvalue weighted by Gasteiger charge is -2.27. The van der Waals surface area contributed by atoms with E-state index in [0.717, 1.165) is 17.1 Å². The highest BCUT2D eigenvalue weighted by Gasteiger charge is 2.44. The van der Waals surface area contributed by atoms with Gasteiger partial charge in [0, 0.05) is 44.6 Å². The van der Waals surface area contributed by atoms with Gasteiger partial charge in [0.15, 0.2) is 0 Å². The molecule has 2 aliphatic rings. The summed E-state index contributed by atoms with van der Waals surface area (Å²) in [4.78, 5) is 56.0. The van der Waals surface area contributed by atoms with Crippen LogP contribution in [0.1, 0.15) is 33.6 Å². The second kappa shape index (κ2) is 6.91. The van der Waals surface area contributed by atoms with Crippen molar-refractivity contribution >= 4 is 29.3 Å².